The van der Waals surface area contributed by atoms with Crippen LogP contribution < -0.4 is 25.4 Å². The zero-order valence-corrected chi connectivity index (χ0v) is 16.9. The van der Waals surface area contributed by atoms with Crippen LogP contribution in [0.4, 0.5) is 5.69 Å². The summed E-state index contributed by atoms with van der Waals surface area (Å²) in [6, 6.07) is 3.22. The van der Waals surface area contributed by atoms with Crippen molar-refractivity contribution in [1.82, 2.24) is 10.6 Å². The molecule has 27 heavy (non-hydrogen) atoms. The van der Waals surface area contributed by atoms with Gasteiger partial charge in [0.25, 0.3) is 5.91 Å². The van der Waals surface area contributed by atoms with Crippen LogP contribution in [0.1, 0.15) is 44.0 Å². The Morgan fingerprint density at radius 1 is 1.19 bits per heavy atom. The van der Waals surface area contributed by atoms with Gasteiger partial charge in [0.1, 0.15) is 0 Å². The molecule has 1 saturated heterocycles. The topological polar surface area (TPSA) is 88.7 Å². The molecule has 1 fully saturated rings. The number of amides is 2. The molecule has 1 aliphatic heterocycles. The quantitative estimate of drug-likeness (QED) is 0.679. The van der Waals surface area contributed by atoms with Crippen molar-refractivity contribution in [1.29, 1.82) is 0 Å². The van der Waals surface area contributed by atoms with Crippen LogP contribution in [0.5, 0.6) is 11.5 Å². The standard InChI is InChI=1S/C20H31N3O4/c1-20(2,3)19(25)23-15-11-17(27-5)16(26-4)10-14(15)18(24)22-9-7-13-6-8-21-12-13/h10-11,13,21H,6-9,12H2,1-5H3,(H,22,24)(H,23,25). The molecule has 150 valence electrons. The number of methoxy groups -OCH3 is 2. The lowest BCUT2D eigenvalue weighted by Crippen LogP contribution is -2.31. The first kappa shape index (κ1) is 21.0. The molecule has 1 atom stereocenters. The van der Waals surface area contributed by atoms with Crippen LogP contribution in [0.15, 0.2) is 12.1 Å². The minimum Gasteiger partial charge on any atom is -0.493 e. The fourth-order valence-electron chi connectivity index (χ4n) is 2.93. The van der Waals surface area contributed by atoms with E-state index in [1.165, 1.54) is 14.2 Å². The van der Waals surface area contributed by atoms with Gasteiger partial charge in [-0.05, 0) is 37.9 Å². The minimum atomic E-state index is -0.587. The lowest BCUT2D eigenvalue weighted by atomic mass is 9.95. The summed E-state index contributed by atoms with van der Waals surface area (Å²) in [6.07, 6.45) is 2.06. The zero-order chi connectivity index (χ0) is 20.0. The molecule has 7 nitrogen and oxygen atoms in total. The monoisotopic (exact) mass is 377 g/mol. The van der Waals surface area contributed by atoms with Crippen LogP contribution in [0.2, 0.25) is 0 Å². The molecule has 1 aliphatic rings. The maximum atomic E-state index is 12.8. The highest BCUT2D eigenvalue weighted by Crippen LogP contribution is 2.34. The Hall–Kier alpha value is -2.28. The number of anilines is 1. The third-order valence-electron chi connectivity index (χ3n) is 4.70. The molecular formula is C20H31N3O4. The van der Waals surface area contributed by atoms with Crippen molar-refractivity contribution in [3.8, 4) is 11.5 Å². The molecule has 0 bridgehead atoms. The van der Waals surface area contributed by atoms with Gasteiger partial charge >= 0.3 is 0 Å². The first-order chi connectivity index (χ1) is 12.8. The lowest BCUT2D eigenvalue weighted by Gasteiger charge is -2.21. The van der Waals surface area contributed by atoms with Gasteiger partial charge in [0.15, 0.2) is 11.5 Å². The molecule has 2 amide bonds. The Kier molecular flexibility index (Phi) is 7.07. The molecule has 0 radical (unpaired) electrons. The summed E-state index contributed by atoms with van der Waals surface area (Å²) in [5.41, 5.74) is 0.179. The van der Waals surface area contributed by atoms with Crippen molar-refractivity contribution in [3.63, 3.8) is 0 Å². The van der Waals surface area contributed by atoms with Gasteiger partial charge in [-0.1, -0.05) is 20.8 Å². The van der Waals surface area contributed by atoms with E-state index in [1.54, 1.807) is 12.1 Å². The largest absolute Gasteiger partial charge is 0.493 e. The van der Waals surface area contributed by atoms with Gasteiger partial charge in [0.2, 0.25) is 5.91 Å². The SMILES string of the molecule is COc1cc(NC(=O)C(C)(C)C)c(C(=O)NCCC2CCNC2)cc1OC. The highest BCUT2D eigenvalue weighted by molar-refractivity contribution is 6.05. The molecule has 0 spiro atoms. The van der Waals surface area contributed by atoms with Crippen LogP contribution in [0.3, 0.4) is 0 Å². The average molecular weight is 377 g/mol. The number of hydrogen-bond donors (Lipinski definition) is 3. The van der Waals surface area contributed by atoms with E-state index < -0.39 is 5.41 Å². The first-order valence-electron chi connectivity index (χ1n) is 9.32. The van der Waals surface area contributed by atoms with Gasteiger partial charge in [-0.2, -0.15) is 0 Å². The Morgan fingerprint density at radius 3 is 2.41 bits per heavy atom. The van der Waals surface area contributed by atoms with E-state index in [-0.39, 0.29) is 11.8 Å². The van der Waals surface area contributed by atoms with Gasteiger partial charge in [-0.3, -0.25) is 9.59 Å². The minimum absolute atomic E-state index is 0.180. The van der Waals surface area contributed by atoms with Crippen LogP contribution in [0, 0.1) is 11.3 Å². The van der Waals surface area contributed by atoms with Crippen molar-refractivity contribution in [2.45, 2.75) is 33.6 Å². The fraction of sp³-hybridized carbons (Fsp3) is 0.600. The van der Waals surface area contributed by atoms with Crippen LogP contribution >= 0.6 is 0 Å². The molecule has 2 rings (SSSR count). The van der Waals surface area contributed by atoms with Crippen molar-refractivity contribution in [2.24, 2.45) is 11.3 Å². The van der Waals surface area contributed by atoms with Gasteiger partial charge in [0, 0.05) is 18.0 Å². The summed E-state index contributed by atoms with van der Waals surface area (Å²) in [5.74, 6) is 1.06. The Bertz CT molecular complexity index is 677. The maximum absolute atomic E-state index is 12.8. The average Bonchev–Trinajstić information content (AvgIpc) is 3.13. The van der Waals surface area contributed by atoms with E-state index in [9.17, 15) is 9.59 Å². The maximum Gasteiger partial charge on any atom is 0.253 e. The Morgan fingerprint density at radius 2 is 1.85 bits per heavy atom. The van der Waals surface area contributed by atoms with Crippen molar-refractivity contribution >= 4 is 17.5 Å². The second-order valence-corrected chi connectivity index (χ2v) is 7.86. The number of hydrogen-bond acceptors (Lipinski definition) is 5. The fourth-order valence-corrected chi connectivity index (χ4v) is 2.93. The third kappa shape index (κ3) is 5.60. The van der Waals surface area contributed by atoms with Gasteiger partial charge in [0.05, 0.1) is 25.5 Å². The summed E-state index contributed by atoms with van der Waals surface area (Å²) in [6.45, 7) is 8.08. The molecule has 1 aromatic rings. The Labute approximate surface area is 161 Å². The van der Waals surface area contributed by atoms with E-state index in [0.717, 1.165) is 25.9 Å². The third-order valence-corrected chi connectivity index (χ3v) is 4.70. The van der Waals surface area contributed by atoms with Crippen molar-refractivity contribution in [3.05, 3.63) is 17.7 Å². The lowest BCUT2D eigenvalue weighted by molar-refractivity contribution is -0.123. The molecule has 3 N–H and O–H groups in total. The summed E-state index contributed by atoms with van der Waals surface area (Å²) in [7, 11) is 3.03. The van der Waals surface area contributed by atoms with Crippen molar-refractivity contribution in [2.75, 3.05) is 39.2 Å². The molecular weight excluding hydrogens is 346 g/mol. The number of rotatable bonds is 7. The van der Waals surface area contributed by atoms with E-state index in [2.05, 4.69) is 16.0 Å². The number of ether oxygens (including phenoxy) is 2. The molecule has 0 aromatic heterocycles. The van der Waals surface area contributed by atoms with E-state index in [0.29, 0.717) is 35.2 Å². The molecule has 1 aromatic carbocycles. The second-order valence-electron chi connectivity index (χ2n) is 7.86. The predicted octanol–water partition coefficient (Wildman–Crippen LogP) is 2.42. The first-order valence-corrected chi connectivity index (χ1v) is 9.32. The smallest absolute Gasteiger partial charge is 0.253 e. The van der Waals surface area contributed by atoms with E-state index >= 15 is 0 Å². The summed E-state index contributed by atoms with van der Waals surface area (Å²) in [4.78, 5) is 25.2. The van der Waals surface area contributed by atoms with Crippen molar-refractivity contribution < 1.29 is 19.1 Å². The number of carbonyl (C=O) groups is 2. The normalized spacial score (nSPS) is 16.7. The van der Waals surface area contributed by atoms with Gasteiger partial charge in [-0.15, -0.1) is 0 Å². The van der Waals surface area contributed by atoms with Crippen LogP contribution in [0.25, 0.3) is 0 Å². The Balaban J connectivity index is 2.19. The highest BCUT2D eigenvalue weighted by atomic mass is 16.5. The molecule has 0 saturated carbocycles. The number of nitrogens with one attached hydrogen (secondary N) is 3. The summed E-state index contributed by atoms with van der Waals surface area (Å²) < 4.78 is 10.6. The van der Waals surface area contributed by atoms with Gasteiger partial charge in [-0.25, -0.2) is 0 Å². The highest BCUT2D eigenvalue weighted by Gasteiger charge is 2.25. The zero-order valence-electron chi connectivity index (χ0n) is 16.9. The number of carbonyl (C=O) groups excluding carboxylic acids is 2. The molecule has 1 unspecified atom stereocenters. The molecule has 0 aliphatic carbocycles. The number of benzene rings is 1. The molecule has 1 heterocycles. The summed E-state index contributed by atoms with van der Waals surface area (Å²) in [5, 5.41) is 9.12. The predicted molar refractivity (Wildman–Crippen MR) is 106 cm³/mol. The summed E-state index contributed by atoms with van der Waals surface area (Å²) >= 11 is 0. The van der Waals surface area contributed by atoms with Gasteiger partial charge < -0.3 is 25.4 Å². The van der Waals surface area contributed by atoms with Crippen LogP contribution in [-0.2, 0) is 4.79 Å². The van der Waals surface area contributed by atoms with E-state index in [1.807, 2.05) is 20.8 Å². The second kappa shape index (κ2) is 9.08. The molecule has 7 heteroatoms. The van der Waals surface area contributed by atoms with Crippen LogP contribution in [-0.4, -0.2) is 45.7 Å². The van der Waals surface area contributed by atoms with E-state index in [4.69, 9.17) is 9.47 Å².